The van der Waals surface area contributed by atoms with Gasteiger partial charge in [0.15, 0.2) is 0 Å². The molecular weight excluding hydrogens is 467 g/mol. The molecule has 0 bridgehead atoms. The van der Waals surface area contributed by atoms with E-state index in [1.54, 1.807) is 7.05 Å². The minimum absolute atomic E-state index is 0.0539. The molecule has 1 N–H and O–H groups in total. The summed E-state index contributed by atoms with van der Waals surface area (Å²) in [7, 11) is 0.970. The molecule has 9 heteroatoms. The lowest BCUT2D eigenvalue weighted by Gasteiger charge is -2.30. The maximum atomic E-state index is 12.2. The lowest BCUT2D eigenvalue weighted by Crippen LogP contribution is -3.06. The summed E-state index contributed by atoms with van der Waals surface area (Å²) in [5, 5.41) is 0. The van der Waals surface area contributed by atoms with Crippen LogP contribution in [0.15, 0.2) is 0 Å². The van der Waals surface area contributed by atoms with Gasteiger partial charge >= 0.3 is 0 Å². The van der Waals surface area contributed by atoms with Gasteiger partial charge in [-0.05, 0) is 6.42 Å². The minimum atomic E-state index is -4.46. The molecule has 0 aromatic heterocycles. The summed E-state index contributed by atoms with van der Waals surface area (Å²) in [5.74, 6) is -0.163. The number of amides is 1. The topological polar surface area (TPSA) is 92.6 Å². The molecule has 0 saturated carbocycles. The second kappa shape index (κ2) is 22.7. The van der Waals surface area contributed by atoms with Crippen LogP contribution in [-0.4, -0.2) is 71.0 Å². The Morgan fingerprint density at radius 3 is 1.83 bits per heavy atom. The van der Waals surface area contributed by atoms with E-state index in [-0.39, 0.29) is 25.7 Å². The van der Waals surface area contributed by atoms with Crippen LogP contribution >= 0.6 is 7.82 Å². The molecule has 0 aliphatic rings. The number of phosphoric ester groups is 1. The molecule has 0 aliphatic heterocycles. The number of nitrogens with one attached hydrogen (secondary N) is 1. The summed E-state index contributed by atoms with van der Waals surface area (Å²) < 4.78 is 28.0. The van der Waals surface area contributed by atoms with Gasteiger partial charge in [-0.25, -0.2) is 0 Å². The number of quaternary nitrogens is 1. The number of carbonyl (C=O) groups is 1. The lowest BCUT2D eigenvalue weighted by atomic mass is 10.0. The Balaban J connectivity index is 3.93. The Labute approximate surface area is 215 Å². The van der Waals surface area contributed by atoms with Crippen LogP contribution < -0.4 is 9.79 Å². The minimum Gasteiger partial charge on any atom is -0.756 e. The van der Waals surface area contributed by atoms with Gasteiger partial charge in [-0.1, -0.05) is 90.4 Å². The first-order valence-electron chi connectivity index (χ1n) is 13.9. The number of nitrogens with zero attached hydrogens (tertiary/aromatic N) is 1. The fraction of sp³-hybridized carbons (Fsp3) is 0.962. The van der Waals surface area contributed by atoms with Crippen LogP contribution in [0.25, 0.3) is 0 Å². The molecule has 210 valence electrons. The molecular formula is C26H55N2O6P. The quantitative estimate of drug-likeness (QED) is 0.144. The molecule has 2 unspecified atom stereocenters. The highest BCUT2D eigenvalue weighted by Crippen LogP contribution is 2.39. The fourth-order valence-corrected chi connectivity index (χ4v) is 4.61. The second-order valence-electron chi connectivity index (χ2n) is 10.0. The number of carbonyl (C=O) groups excluding carboxylic acids is 1. The average molecular weight is 523 g/mol. The van der Waals surface area contributed by atoms with Crippen molar-refractivity contribution in [3.63, 3.8) is 0 Å². The molecule has 0 saturated heterocycles. The van der Waals surface area contributed by atoms with E-state index in [4.69, 9.17) is 13.8 Å². The van der Waals surface area contributed by atoms with E-state index in [9.17, 15) is 14.3 Å². The van der Waals surface area contributed by atoms with E-state index < -0.39 is 13.9 Å². The molecule has 2 atom stereocenters. The van der Waals surface area contributed by atoms with Crippen molar-refractivity contribution in [2.24, 2.45) is 0 Å². The van der Waals surface area contributed by atoms with Crippen LogP contribution in [0, 0.1) is 0 Å². The number of hydrogen-bond acceptors (Lipinski definition) is 6. The monoisotopic (exact) mass is 522 g/mol. The number of likely N-dealkylation sites (N-methyl/N-ethyl adjacent to an activating group) is 2. The van der Waals surface area contributed by atoms with Gasteiger partial charge in [-0.3, -0.25) is 9.36 Å². The van der Waals surface area contributed by atoms with Crippen molar-refractivity contribution in [3.8, 4) is 0 Å². The van der Waals surface area contributed by atoms with Crippen LogP contribution in [0.2, 0.25) is 0 Å². The lowest BCUT2D eigenvalue weighted by molar-refractivity contribution is -0.858. The molecule has 0 radical (unpaired) electrons. The van der Waals surface area contributed by atoms with E-state index in [0.717, 1.165) is 17.7 Å². The zero-order valence-corrected chi connectivity index (χ0v) is 24.3. The molecule has 0 heterocycles. The van der Waals surface area contributed by atoms with Crippen molar-refractivity contribution in [2.45, 2.75) is 110 Å². The smallest absolute Gasteiger partial charge is 0.268 e. The first-order chi connectivity index (χ1) is 16.7. The molecule has 0 aromatic carbocycles. The van der Waals surface area contributed by atoms with Gasteiger partial charge in [0.1, 0.15) is 19.3 Å². The summed E-state index contributed by atoms with van der Waals surface area (Å²) in [6, 6.07) is 0. The molecule has 35 heavy (non-hydrogen) atoms. The molecule has 0 rings (SSSR count). The number of hydrogen-bond donors (Lipinski definition) is 1. The molecule has 1 amide bonds. The standard InChI is InChI=1S/C26H55N2O6P/c1-6-7-8-9-10-11-12-13-14-15-16-17-18-19-21-32-24-26(23-28(5)25(2)29)34-35(30,31)33-22-20-27(3)4/h26H,6-24H2,1-5H3,(H,30,31). The largest absolute Gasteiger partial charge is 0.756 e. The van der Waals surface area contributed by atoms with Crippen molar-refractivity contribution >= 4 is 13.7 Å². The van der Waals surface area contributed by atoms with Crippen LogP contribution in [0.4, 0.5) is 0 Å². The van der Waals surface area contributed by atoms with Crippen molar-refractivity contribution in [1.82, 2.24) is 4.90 Å². The summed E-state index contributed by atoms with van der Waals surface area (Å²) in [5.41, 5.74) is 0. The summed E-state index contributed by atoms with van der Waals surface area (Å²) in [4.78, 5) is 26.2. The number of ether oxygens (including phenoxy) is 1. The molecule has 0 spiro atoms. The van der Waals surface area contributed by atoms with Gasteiger partial charge in [0.25, 0.3) is 7.82 Å². The highest BCUT2D eigenvalue weighted by molar-refractivity contribution is 7.45. The molecule has 0 aromatic rings. The van der Waals surface area contributed by atoms with Gasteiger partial charge in [0, 0.05) is 27.1 Å². The van der Waals surface area contributed by atoms with E-state index in [0.29, 0.717) is 13.2 Å². The molecule has 0 aliphatic carbocycles. The number of phosphoric acid groups is 1. The summed E-state index contributed by atoms with van der Waals surface area (Å²) >= 11 is 0. The zero-order chi connectivity index (χ0) is 26.4. The average Bonchev–Trinajstić information content (AvgIpc) is 2.77. The van der Waals surface area contributed by atoms with Crippen molar-refractivity contribution < 1.29 is 32.9 Å². The van der Waals surface area contributed by atoms with Crippen LogP contribution in [-0.2, 0) is 23.1 Å². The number of unbranched alkanes of at least 4 members (excludes halogenated alkanes) is 13. The normalized spacial score (nSPS) is 14.3. The second-order valence-corrected chi connectivity index (χ2v) is 11.4. The molecule has 0 fully saturated rings. The van der Waals surface area contributed by atoms with Gasteiger partial charge < -0.3 is 28.5 Å². The highest BCUT2D eigenvalue weighted by Gasteiger charge is 2.21. The predicted molar refractivity (Wildman–Crippen MR) is 141 cm³/mol. The third kappa shape index (κ3) is 23.6. The van der Waals surface area contributed by atoms with Crippen molar-refractivity contribution in [2.75, 3.05) is 54.1 Å². The van der Waals surface area contributed by atoms with Crippen molar-refractivity contribution in [1.29, 1.82) is 0 Å². The van der Waals surface area contributed by atoms with Crippen LogP contribution in [0.5, 0.6) is 0 Å². The first kappa shape index (κ1) is 34.5. The molecule has 8 nitrogen and oxygen atoms in total. The predicted octanol–water partition coefficient (Wildman–Crippen LogP) is 3.98. The SMILES string of the molecule is CCCCCCCCCCCCCCCCOCC(CN(C)C(C)=O)OP(=O)([O-])OCC[NH+](C)C. The third-order valence-corrected chi connectivity index (χ3v) is 7.15. The van der Waals surface area contributed by atoms with Crippen LogP contribution in [0.3, 0.4) is 0 Å². The van der Waals surface area contributed by atoms with E-state index in [2.05, 4.69) is 6.92 Å². The number of rotatable bonds is 25. The van der Waals surface area contributed by atoms with Gasteiger partial charge in [0.05, 0.1) is 20.7 Å². The van der Waals surface area contributed by atoms with E-state index in [1.807, 2.05) is 14.1 Å². The summed E-state index contributed by atoms with van der Waals surface area (Å²) in [6.07, 6.45) is 17.4. The van der Waals surface area contributed by atoms with Gasteiger partial charge in [-0.15, -0.1) is 0 Å². The Morgan fingerprint density at radius 1 is 0.886 bits per heavy atom. The Morgan fingerprint density at radius 2 is 1.37 bits per heavy atom. The summed E-state index contributed by atoms with van der Waals surface area (Å²) in [6.45, 7) is 5.07. The maximum Gasteiger partial charge on any atom is 0.268 e. The van der Waals surface area contributed by atoms with Gasteiger partial charge in [0.2, 0.25) is 5.91 Å². The van der Waals surface area contributed by atoms with Crippen molar-refractivity contribution in [3.05, 3.63) is 0 Å². The first-order valence-corrected chi connectivity index (χ1v) is 15.4. The van der Waals surface area contributed by atoms with E-state index >= 15 is 0 Å². The third-order valence-electron chi connectivity index (χ3n) is 6.09. The highest BCUT2D eigenvalue weighted by atomic mass is 31.2. The maximum absolute atomic E-state index is 12.2. The van der Waals surface area contributed by atoms with Gasteiger partial charge in [-0.2, -0.15) is 0 Å². The Hall–Kier alpha value is -0.500. The van der Waals surface area contributed by atoms with E-state index in [1.165, 1.54) is 88.9 Å². The zero-order valence-electron chi connectivity index (χ0n) is 23.4. The van der Waals surface area contributed by atoms with Crippen LogP contribution in [0.1, 0.15) is 104 Å². The Bertz CT molecular complexity index is 550. The fourth-order valence-electron chi connectivity index (χ4n) is 3.74. The Kier molecular flexibility index (Phi) is 22.4.